The molecule has 0 atom stereocenters. The Bertz CT molecular complexity index is 3880. The van der Waals surface area contributed by atoms with Gasteiger partial charge in [0, 0.05) is 68.2 Å². The number of fused-ring (bicyclic) bond motifs is 8. The van der Waals surface area contributed by atoms with Gasteiger partial charge < -0.3 is 57.5 Å². The molecule has 0 amide bonds. The molecule has 0 heterocycles. The average Bonchev–Trinajstić information content (AvgIpc) is 0.728. The minimum absolute atomic E-state index is 0.557. The quantitative estimate of drug-likeness (QED) is 0.0468. The Labute approximate surface area is 588 Å². The molecule has 0 aliphatic heterocycles. The summed E-state index contributed by atoms with van der Waals surface area (Å²) in [6.07, 6.45) is 0. The lowest BCUT2D eigenvalue weighted by Crippen LogP contribution is -2.13. The second-order valence-corrected chi connectivity index (χ2v) is 23.7. The van der Waals surface area contributed by atoms with E-state index < -0.39 is 0 Å². The third-order valence-electron chi connectivity index (χ3n) is 17.5. The highest BCUT2D eigenvalue weighted by atomic mass is 16.5. The Morgan fingerprint density at radius 1 is 0.150 bits per heavy atom. The van der Waals surface area contributed by atoms with Crippen molar-refractivity contribution in [3.63, 3.8) is 0 Å². The van der Waals surface area contributed by atoms with Crippen molar-refractivity contribution < 1.29 is 37.9 Å². The minimum atomic E-state index is 0.557. The molecule has 12 aromatic carbocycles. The van der Waals surface area contributed by atoms with E-state index in [4.69, 9.17) is 37.9 Å². The first-order valence-corrected chi connectivity index (χ1v) is 34.8. The highest BCUT2D eigenvalue weighted by Crippen LogP contribution is 2.54. The standard InChI is InChI=1S/C88H84N4O8/c1-9-93-73-37-17-61(18-38-73)89(62-19-39-74(40-20-62)94-10-2)69-33-53-81-82-54-34-71(91(65-25-45-77(46-26-65)97-13-5)66-27-47-78(48-28-66)98-14-6)59-87(82)88-60-72(92(67-29-49-79(50-30-67)99-15-7)68-31-51-80(52-32-68)100-16-8)36-56-84(88)83-55-35-70(58-86(83)85(81)57-69)90(63-21-41-75(42-22-63)95-11-3)64-23-43-76(44-24-64)96-12-4/h17-60H,9-16H2,1-8H3. The highest BCUT2D eigenvalue weighted by molar-refractivity contribution is 6.07. The second-order valence-electron chi connectivity index (χ2n) is 23.7. The topological polar surface area (TPSA) is 86.8 Å². The van der Waals surface area contributed by atoms with Gasteiger partial charge in [-0.2, -0.15) is 0 Å². The van der Waals surface area contributed by atoms with E-state index in [-0.39, 0.29) is 0 Å². The predicted octanol–water partition coefficient (Wildman–Crippen LogP) is 23.7. The summed E-state index contributed by atoms with van der Waals surface area (Å²) < 4.78 is 48.3. The van der Waals surface area contributed by atoms with E-state index in [1.165, 1.54) is 0 Å². The number of ether oxygens (including phenoxy) is 8. The number of anilines is 12. The summed E-state index contributed by atoms with van der Waals surface area (Å²) in [5.41, 5.74) is 19.7. The van der Waals surface area contributed by atoms with Gasteiger partial charge in [0.15, 0.2) is 0 Å². The minimum Gasteiger partial charge on any atom is -0.494 e. The summed E-state index contributed by atoms with van der Waals surface area (Å²) in [6.45, 7) is 20.5. The molecule has 0 spiro atoms. The fourth-order valence-electron chi connectivity index (χ4n) is 13.2. The number of nitrogens with zero attached hydrogens (tertiary/aromatic N) is 4. The van der Waals surface area contributed by atoms with Crippen LogP contribution in [-0.2, 0) is 0 Å². The van der Waals surface area contributed by atoms with E-state index in [1.807, 2.05) is 152 Å². The van der Waals surface area contributed by atoms with Gasteiger partial charge in [0.2, 0.25) is 0 Å². The van der Waals surface area contributed by atoms with Crippen LogP contribution in [0.25, 0.3) is 44.5 Å². The Kier molecular flexibility index (Phi) is 20.8. The van der Waals surface area contributed by atoms with Gasteiger partial charge >= 0.3 is 0 Å². The number of benzene rings is 12. The largest absolute Gasteiger partial charge is 0.494 e. The maximum atomic E-state index is 6.04. The summed E-state index contributed by atoms with van der Waals surface area (Å²) >= 11 is 0. The highest BCUT2D eigenvalue weighted by Gasteiger charge is 2.29. The molecule has 0 N–H and O–H groups in total. The molecule has 0 bridgehead atoms. The van der Waals surface area contributed by atoms with Crippen LogP contribution < -0.4 is 57.5 Å². The smallest absolute Gasteiger partial charge is 0.119 e. The van der Waals surface area contributed by atoms with Gasteiger partial charge in [-0.25, -0.2) is 0 Å². The molecule has 0 unspecified atom stereocenters. The van der Waals surface area contributed by atoms with Gasteiger partial charge in [-0.3, -0.25) is 0 Å². The zero-order valence-electron chi connectivity index (χ0n) is 58.1. The first-order valence-electron chi connectivity index (χ1n) is 34.8. The van der Waals surface area contributed by atoms with Crippen molar-refractivity contribution in [2.75, 3.05) is 72.5 Å². The monoisotopic (exact) mass is 1320 g/mol. The van der Waals surface area contributed by atoms with Gasteiger partial charge in [-0.05, 0) is 343 Å². The van der Waals surface area contributed by atoms with E-state index in [0.717, 1.165) is 159 Å². The molecule has 0 saturated carbocycles. The lowest BCUT2D eigenvalue weighted by atomic mass is 9.80. The van der Waals surface area contributed by atoms with Crippen LogP contribution in [-0.4, -0.2) is 52.9 Å². The van der Waals surface area contributed by atoms with E-state index >= 15 is 0 Å². The van der Waals surface area contributed by atoms with Crippen molar-refractivity contribution in [1.29, 1.82) is 0 Å². The molecule has 100 heavy (non-hydrogen) atoms. The summed E-state index contributed by atoms with van der Waals surface area (Å²) in [7, 11) is 0. The molecule has 0 fully saturated rings. The third kappa shape index (κ3) is 14.4. The zero-order chi connectivity index (χ0) is 68.9. The van der Waals surface area contributed by atoms with Crippen molar-refractivity contribution in [1.82, 2.24) is 0 Å². The Balaban J connectivity index is 1.11. The van der Waals surface area contributed by atoms with Crippen molar-refractivity contribution in [2.24, 2.45) is 0 Å². The molecule has 1 aliphatic carbocycles. The van der Waals surface area contributed by atoms with Crippen LogP contribution in [0.3, 0.4) is 0 Å². The zero-order valence-corrected chi connectivity index (χ0v) is 58.1. The molecular formula is C88H84N4O8. The molecule has 0 aromatic heterocycles. The average molecular weight is 1330 g/mol. The van der Waals surface area contributed by atoms with Crippen LogP contribution in [0.15, 0.2) is 267 Å². The molecule has 504 valence electrons. The number of rotatable bonds is 28. The van der Waals surface area contributed by atoms with Gasteiger partial charge in [0.05, 0.1) is 52.9 Å². The maximum Gasteiger partial charge on any atom is 0.119 e. The van der Waals surface area contributed by atoms with E-state index in [9.17, 15) is 0 Å². The first kappa shape index (κ1) is 66.8. The number of hydrogen-bond acceptors (Lipinski definition) is 12. The van der Waals surface area contributed by atoms with Crippen LogP contribution in [0.1, 0.15) is 55.4 Å². The molecule has 0 radical (unpaired) electrons. The summed E-state index contributed by atoms with van der Waals surface area (Å²) in [5.74, 6) is 6.38. The Morgan fingerprint density at radius 2 is 0.270 bits per heavy atom. The van der Waals surface area contributed by atoms with Crippen molar-refractivity contribution in [3.8, 4) is 90.5 Å². The lowest BCUT2D eigenvalue weighted by molar-refractivity contribution is 0.340. The second kappa shape index (κ2) is 31.2. The summed E-state index contributed by atoms with van der Waals surface area (Å²) in [6, 6.07) is 94.5. The van der Waals surface area contributed by atoms with Crippen LogP contribution >= 0.6 is 0 Å². The van der Waals surface area contributed by atoms with Gasteiger partial charge in [-0.15, -0.1) is 0 Å². The molecule has 12 heteroatoms. The van der Waals surface area contributed by atoms with E-state index in [0.29, 0.717) is 52.9 Å². The van der Waals surface area contributed by atoms with Gasteiger partial charge in [-0.1, -0.05) is 24.3 Å². The fraction of sp³-hybridized carbons (Fsp3) is 0.182. The molecule has 13 rings (SSSR count). The maximum absolute atomic E-state index is 6.04. The van der Waals surface area contributed by atoms with Gasteiger partial charge in [0.1, 0.15) is 46.0 Å². The van der Waals surface area contributed by atoms with Crippen LogP contribution in [0.2, 0.25) is 0 Å². The summed E-state index contributed by atoms with van der Waals surface area (Å²) in [4.78, 5) is 9.25. The van der Waals surface area contributed by atoms with E-state index in [1.54, 1.807) is 0 Å². The van der Waals surface area contributed by atoms with E-state index in [2.05, 4.69) is 189 Å². The lowest BCUT2D eigenvalue weighted by Gasteiger charge is -2.32. The molecule has 12 nitrogen and oxygen atoms in total. The van der Waals surface area contributed by atoms with Crippen LogP contribution in [0.5, 0.6) is 46.0 Å². The normalized spacial score (nSPS) is 11.1. The fourth-order valence-corrected chi connectivity index (χ4v) is 13.2. The molecule has 12 aromatic rings. The molecular weight excluding hydrogens is 1240 g/mol. The third-order valence-corrected chi connectivity index (χ3v) is 17.5. The first-order chi connectivity index (χ1) is 49.2. The van der Waals surface area contributed by atoms with Crippen molar-refractivity contribution in [2.45, 2.75) is 55.4 Å². The number of hydrogen-bond donors (Lipinski definition) is 0. The Morgan fingerprint density at radius 3 is 0.390 bits per heavy atom. The van der Waals surface area contributed by atoms with Crippen LogP contribution in [0, 0.1) is 0 Å². The predicted molar refractivity (Wildman–Crippen MR) is 410 cm³/mol. The molecule has 1 aliphatic rings. The molecule has 0 saturated heterocycles. The Hall–Kier alpha value is -11.8. The summed E-state index contributed by atoms with van der Waals surface area (Å²) in [5, 5.41) is 0. The SMILES string of the molecule is CCOc1ccc(N(c2ccc(OCC)cc2)c2ccc3c(c2)-c2cc(N(c4ccc(OCC)cc4)c4ccc(OCC)cc4)ccc2-c2ccc(N(c4ccc(OCC)cc4)c4ccc(OCC)cc4)cc2-c2cc(N(c4ccc(OCC)cc4)c4ccc(OCC)cc4)ccc2-3)cc1. The van der Waals surface area contributed by atoms with Crippen molar-refractivity contribution in [3.05, 3.63) is 267 Å². The van der Waals surface area contributed by atoms with Crippen molar-refractivity contribution >= 4 is 68.2 Å². The van der Waals surface area contributed by atoms with Crippen LogP contribution in [0.4, 0.5) is 68.2 Å². The van der Waals surface area contributed by atoms with Gasteiger partial charge in [0.25, 0.3) is 0 Å².